The number of nitrogens with zero attached hydrogens (tertiary/aromatic N) is 4. The summed E-state index contributed by atoms with van der Waals surface area (Å²) in [6.07, 6.45) is 3.80. The van der Waals surface area contributed by atoms with E-state index in [1.807, 2.05) is 0 Å². The van der Waals surface area contributed by atoms with Crippen molar-refractivity contribution in [2.45, 2.75) is 18.8 Å². The Labute approximate surface area is 84.6 Å². The molecule has 0 unspecified atom stereocenters. The van der Waals surface area contributed by atoms with Gasteiger partial charge in [-0.1, -0.05) is 0 Å². The Morgan fingerprint density at radius 2 is 2.27 bits per heavy atom. The van der Waals surface area contributed by atoms with Crippen molar-refractivity contribution in [1.82, 2.24) is 19.6 Å². The van der Waals surface area contributed by atoms with Crippen LogP contribution in [-0.4, -0.2) is 30.7 Å². The topological polar surface area (TPSA) is 80.4 Å². The van der Waals surface area contributed by atoms with E-state index in [4.69, 9.17) is 5.11 Å². The van der Waals surface area contributed by atoms with Crippen LogP contribution in [0, 0.1) is 0 Å². The van der Waals surface area contributed by atoms with Crippen LogP contribution in [0.25, 0.3) is 5.78 Å². The summed E-state index contributed by atoms with van der Waals surface area (Å²) in [4.78, 5) is 18.8. The molecule has 1 aliphatic carbocycles. The number of fused-ring (bicyclic) bond motifs is 1. The lowest BCUT2D eigenvalue weighted by Crippen LogP contribution is -2.02. The molecule has 0 saturated heterocycles. The van der Waals surface area contributed by atoms with Gasteiger partial charge in [-0.3, -0.25) is 0 Å². The number of carboxylic acids is 1. The first-order valence-corrected chi connectivity index (χ1v) is 4.70. The maximum atomic E-state index is 10.7. The molecule has 0 amide bonds. The average Bonchev–Trinajstić information content (AvgIpc) is 2.97. The van der Waals surface area contributed by atoms with E-state index in [-0.39, 0.29) is 5.69 Å². The van der Waals surface area contributed by atoms with E-state index in [2.05, 4.69) is 15.1 Å². The predicted octanol–water partition coefficient (Wildman–Crippen LogP) is 0.700. The fourth-order valence-electron chi connectivity index (χ4n) is 1.43. The fourth-order valence-corrected chi connectivity index (χ4v) is 1.43. The number of rotatable bonds is 2. The number of hydrogen-bond acceptors (Lipinski definition) is 4. The van der Waals surface area contributed by atoms with Crippen LogP contribution in [0.15, 0.2) is 12.3 Å². The summed E-state index contributed by atoms with van der Waals surface area (Å²) in [5.74, 6) is 0.523. The third-order valence-electron chi connectivity index (χ3n) is 2.39. The highest BCUT2D eigenvalue weighted by atomic mass is 16.4. The molecule has 0 aromatic carbocycles. The normalized spacial score (nSPS) is 15.7. The van der Waals surface area contributed by atoms with Crippen LogP contribution in [0.1, 0.15) is 35.1 Å². The third kappa shape index (κ3) is 1.34. The van der Waals surface area contributed by atoms with Gasteiger partial charge in [-0.15, -0.1) is 5.10 Å². The molecule has 0 radical (unpaired) electrons. The van der Waals surface area contributed by atoms with Crippen LogP contribution in [-0.2, 0) is 0 Å². The van der Waals surface area contributed by atoms with Crippen molar-refractivity contribution in [1.29, 1.82) is 0 Å². The highest BCUT2D eigenvalue weighted by molar-refractivity contribution is 5.85. The van der Waals surface area contributed by atoms with Gasteiger partial charge in [0.05, 0.1) is 0 Å². The molecular formula is C9H8N4O2. The van der Waals surface area contributed by atoms with Crippen molar-refractivity contribution in [3.63, 3.8) is 0 Å². The minimum Gasteiger partial charge on any atom is -0.477 e. The number of aromatic nitrogens is 4. The average molecular weight is 204 g/mol. The number of carbonyl (C=O) groups is 1. The van der Waals surface area contributed by atoms with E-state index in [1.54, 1.807) is 6.20 Å². The van der Waals surface area contributed by atoms with Crippen LogP contribution in [0.4, 0.5) is 0 Å². The molecule has 3 rings (SSSR count). The van der Waals surface area contributed by atoms with Gasteiger partial charge in [0.1, 0.15) is 0 Å². The largest absolute Gasteiger partial charge is 0.477 e. The number of hydrogen-bond donors (Lipinski definition) is 1. The SMILES string of the molecule is O=C(O)c1ccn2nc(C3CC3)nc2n1. The van der Waals surface area contributed by atoms with Gasteiger partial charge in [0, 0.05) is 12.1 Å². The minimum atomic E-state index is -1.05. The first kappa shape index (κ1) is 8.34. The fraction of sp³-hybridized carbons (Fsp3) is 0.333. The summed E-state index contributed by atoms with van der Waals surface area (Å²) in [5, 5.41) is 13.0. The summed E-state index contributed by atoms with van der Waals surface area (Å²) >= 11 is 0. The number of carboxylic acid groups (broad SMARTS) is 1. The standard InChI is InChI=1S/C9H8N4O2/c14-8(15)6-3-4-13-9(10-6)11-7(12-13)5-1-2-5/h3-5H,1-2H2,(H,14,15). The Morgan fingerprint density at radius 3 is 2.93 bits per heavy atom. The molecule has 1 saturated carbocycles. The molecule has 0 atom stereocenters. The van der Waals surface area contributed by atoms with Crippen LogP contribution < -0.4 is 0 Å². The summed E-state index contributed by atoms with van der Waals surface area (Å²) in [7, 11) is 0. The molecule has 76 valence electrons. The molecule has 15 heavy (non-hydrogen) atoms. The molecule has 0 spiro atoms. The molecular weight excluding hydrogens is 196 g/mol. The summed E-state index contributed by atoms with van der Waals surface area (Å²) in [6, 6.07) is 1.42. The maximum absolute atomic E-state index is 10.7. The van der Waals surface area contributed by atoms with Gasteiger partial charge in [-0.05, 0) is 18.9 Å². The highest BCUT2D eigenvalue weighted by Gasteiger charge is 2.28. The molecule has 0 aliphatic heterocycles. The van der Waals surface area contributed by atoms with E-state index < -0.39 is 5.97 Å². The number of aromatic carboxylic acids is 1. The minimum absolute atomic E-state index is 0.00255. The molecule has 6 nitrogen and oxygen atoms in total. The van der Waals surface area contributed by atoms with Crippen molar-refractivity contribution >= 4 is 11.7 Å². The second-order valence-corrected chi connectivity index (χ2v) is 3.61. The van der Waals surface area contributed by atoms with Gasteiger partial charge in [0.2, 0.25) is 0 Å². The highest BCUT2D eigenvalue weighted by Crippen LogP contribution is 2.37. The van der Waals surface area contributed by atoms with E-state index in [1.165, 1.54) is 10.6 Å². The Balaban J connectivity index is 2.13. The predicted molar refractivity (Wildman–Crippen MR) is 49.7 cm³/mol. The lowest BCUT2D eigenvalue weighted by molar-refractivity contribution is 0.0690. The van der Waals surface area contributed by atoms with Crippen molar-refractivity contribution < 1.29 is 9.90 Å². The summed E-state index contributed by atoms with van der Waals surface area (Å²) in [5.41, 5.74) is -0.00255. The Bertz CT molecular complexity index is 544. The Kier molecular flexibility index (Phi) is 1.53. The third-order valence-corrected chi connectivity index (χ3v) is 2.39. The molecule has 1 aliphatic rings. The van der Waals surface area contributed by atoms with Crippen LogP contribution in [0.2, 0.25) is 0 Å². The van der Waals surface area contributed by atoms with E-state index in [0.29, 0.717) is 11.7 Å². The lowest BCUT2D eigenvalue weighted by atomic mass is 10.4. The monoisotopic (exact) mass is 204 g/mol. The van der Waals surface area contributed by atoms with Crippen LogP contribution in [0.3, 0.4) is 0 Å². The molecule has 2 aromatic rings. The van der Waals surface area contributed by atoms with E-state index in [9.17, 15) is 4.79 Å². The molecule has 0 bridgehead atoms. The first-order chi connectivity index (χ1) is 7.24. The van der Waals surface area contributed by atoms with Crippen molar-refractivity contribution in [3.8, 4) is 0 Å². The second-order valence-electron chi connectivity index (χ2n) is 3.61. The smallest absolute Gasteiger partial charge is 0.354 e. The van der Waals surface area contributed by atoms with Crippen LogP contribution >= 0.6 is 0 Å². The van der Waals surface area contributed by atoms with Gasteiger partial charge >= 0.3 is 5.97 Å². The summed E-state index contributed by atoms with van der Waals surface area (Å²) in [6.45, 7) is 0. The van der Waals surface area contributed by atoms with Gasteiger partial charge in [-0.2, -0.15) is 4.98 Å². The quantitative estimate of drug-likeness (QED) is 0.778. The van der Waals surface area contributed by atoms with E-state index in [0.717, 1.165) is 18.7 Å². The molecule has 1 N–H and O–H groups in total. The Hall–Kier alpha value is -1.98. The van der Waals surface area contributed by atoms with Gasteiger partial charge in [0.25, 0.3) is 5.78 Å². The zero-order chi connectivity index (χ0) is 10.4. The van der Waals surface area contributed by atoms with Gasteiger partial charge < -0.3 is 5.11 Å². The van der Waals surface area contributed by atoms with Crippen molar-refractivity contribution in [2.24, 2.45) is 0 Å². The first-order valence-electron chi connectivity index (χ1n) is 4.70. The van der Waals surface area contributed by atoms with E-state index >= 15 is 0 Å². The lowest BCUT2D eigenvalue weighted by Gasteiger charge is -1.92. The van der Waals surface area contributed by atoms with Gasteiger partial charge in [0.15, 0.2) is 11.5 Å². The van der Waals surface area contributed by atoms with Crippen LogP contribution in [0.5, 0.6) is 0 Å². The molecule has 1 fully saturated rings. The van der Waals surface area contributed by atoms with Gasteiger partial charge in [-0.25, -0.2) is 14.3 Å². The Morgan fingerprint density at radius 1 is 1.47 bits per heavy atom. The summed E-state index contributed by atoms with van der Waals surface area (Å²) < 4.78 is 1.51. The molecule has 2 heterocycles. The molecule has 6 heteroatoms. The zero-order valence-corrected chi connectivity index (χ0v) is 7.79. The van der Waals surface area contributed by atoms with Crippen molar-refractivity contribution in [2.75, 3.05) is 0 Å². The maximum Gasteiger partial charge on any atom is 0.354 e. The molecule has 2 aromatic heterocycles. The zero-order valence-electron chi connectivity index (χ0n) is 7.79. The van der Waals surface area contributed by atoms with Crippen molar-refractivity contribution in [3.05, 3.63) is 23.8 Å². The second kappa shape index (κ2) is 2.75.